The van der Waals surface area contributed by atoms with Crippen LogP contribution in [0.15, 0.2) is 42.5 Å². The van der Waals surface area contributed by atoms with Gasteiger partial charge < -0.3 is 5.11 Å². The quantitative estimate of drug-likeness (QED) is 0.717. The monoisotopic (exact) mass is 245 g/mol. The highest BCUT2D eigenvalue weighted by Gasteiger charge is 2.06. The summed E-state index contributed by atoms with van der Waals surface area (Å²) in [5.41, 5.74) is 2.37. The summed E-state index contributed by atoms with van der Waals surface area (Å²) in [4.78, 5) is 0. The summed E-state index contributed by atoms with van der Waals surface area (Å²) < 4.78 is 1.70. The van der Waals surface area contributed by atoms with Crippen molar-refractivity contribution in [2.24, 2.45) is 0 Å². The Labute approximate surface area is 102 Å². The molecule has 1 N–H and O–H groups in total. The molecule has 4 nitrogen and oxygen atoms in total. The third kappa shape index (κ3) is 1.72. The van der Waals surface area contributed by atoms with E-state index in [0.29, 0.717) is 10.5 Å². The van der Waals surface area contributed by atoms with Crippen LogP contribution in [0.1, 0.15) is 0 Å². The van der Waals surface area contributed by atoms with Gasteiger partial charge in [-0.3, -0.25) is 0 Å². The van der Waals surface area contributed by atoms with E-state index in [1.54, 1.807) is 35.0 Å². The van der Waals surface area contributed by atoms with E-state index in [9.17, 15) is 5.11 Å². The van der Waals surface area contributed by atoms with Gasteiger partial charge in [0.1, 0.15) is 11.3 Å². The van der Waals surface area contributed by atoms with Crippen molar-refractivity contribution in [2.75, 3.05) is 0 Å². The zero-order valence-corrected chi connectivity index (χ0v) is 9.46. The van der Waals surface area contributed by atoms with Crippen LogP contribution < -0.4 is 0 Å². The Balaban J connectivity index is 2.21. The molecule has 0 saturated carbocycles. The molecule has 0 unspecified atom stereocenters. The zero-order chi connectivity index (χ0) is 11.8. The molecule has 0 aliphatic carbocycles. The van der Waals surface area contributed by atoms with E-state index in [1.165, 1.54) is 0 Å². The van der Waals surface area contributed by atoms with Gasteiger partial charge in [0.05, 0.1) is 11.2 Å². The van der Waals surface area contributed by atoms with Gasteiger partial charge in [-0.2, -0.15) is 0 Å². The van der Waals surface area contributed by atoms with Crippen LogP contribution in [0.5, 0.6) is 5.75 Å². The minimum absolute atomic E-state index is 0.181. The van der Waals surface area contributed by atoms with E-state index in [0.717, 1.165) is 11.2 Å². The van der Waals surface area contributed by atoms with E-state index >= 15 is 0 Å². The number of halogens is 1. The Hall–Kier alpha value is -2.07. The van der Waals surface area contributed by atoms with Crippen LogP contribution in [0.3, 0.4) is 0 Å². The molecule has 3 rings (SSSR count). The summed E-state index contributed by atoms with van der Waals surface area (Å²) in [5, 5.41) is 18.1. The Bertz CT molecular complexity index is 676. The van der Waals surface area contributed by atoms with Crippen LogP contribution in [0.4, 0.5) is 0 Å². The predicted octanol–water partition coefficient (Wildman–Crippen LogP) is 2.78. The van der Waals surface area contributed by atoms with Gasteiger partial charge in [0.2, 0.25) is 0 Å². The van der Waals surface area contributed by atoms with Gasteiger partial charge in [-0.15, -0.1) is 5.10 Å². The molecule has 0 bridgehead atoms. The van der Waals surface area contributed by atoms with E-state index in [-0.39, 0.29) is 5.75 Å². The SMILES string of the molecule is Oc1ccc2c(c1)nnn2-c1ccc(Cl)cc1. The number of hydrogen-bond donors (Lipinski definition) is 1. The lowest BCUT2D eigenvalue weighted by molar-refractivity contribution is 0.476. The van der Waals surface area contributed by atoms with Crippen molar-refractivity contribution in [3.8, 4) is 11.4 Å². The number of benzene rings is 2. The van der Waals surface area contributed by atoms with Gasteiger partial charge in [-0.1, -0.05) is 16.8 Å². The Morgan fingerprint density at radius 2 is 1.82 bits per heavy atom. The normalized spacial score (nSPS) is 10.9. The molecule has 84 valence electrons. The fourth-order valence-corrected chi connectivity index (χ4v) is 1.81. The second-order valence-electron chi connectivity index (χ2n) is 3.65. The van der Waals surface area contributed by atoms with E-state index in [4.69, 9.17) is 11.6 Å². The topological polar surface area (TPSA) is 50.9 Å². The first-order valence-corrected chi connectivity index (χ1v) is 5.42. The number of hydrogen-bond acceptors (Lipinski definition) is 3. The molecule has 0 spiro atoms. The van der Waals surface area contributed by atoms with Crippen LogP contribution in [-0.4, -0.2) is 20.1 Å². The molecule has 0 atom stereocenters. The third-order valence-electron chi connectivity index (χ3n) is 2.50. The van der Waals surface area contributed by atoms with Crippen molar-refractivity contribution >= 4 is 22.6 Å². The number of phenols is 1. The first kappa shape index (κ1) is 10.1. The minimum atomic E-state index is 0.181. The second-order valence-corrected chi connectivity index (χ2v) is 4.09. The molecule has 0 amide bonds. The van der Waals surface area contributed by atoms with Gasteiger partial charge in [0, 0.05) is 11.1 Å². The first-order valence-electron chi connectivity index (χ1n) is 5.04. The number of phenolic OH excluding ortho intramolecular Hbond substituents is 1. The maximum atomic E-state index is 9.35. The lowest BCUT2D eigenvalue weighted by Crippen LogP contribution is -1.95. The molecule has 3 aromatic rings. The summed E-state index contributed by atoms with van der Waals surface area (Å²) in [5.74, 6) is 0.181. The fourth-order valence-electron chi connectivity index (χ4n) is 1.69. The standard InChI is InChI=1S/C12H8ClN3O/c13-8-1-3-9(4-2-8)16-12-6-5-10(17)7-11(12)14-15-16/h1-7,17H. The highest BCUT2D eigenvalue weighted by Crippen LogP contribution is 2.21. The molecular formula is C12H8ClN3O. The molecule has 0 fully saturated rings. The summed E-state index contributed by atoms with van der Waals surface area (Å²) in [7, 11) is 0. The maximum Gasteiger partial charge on any atom is 0.117 e. The first-order chi connectivity index (χ1) is 8.24. The number of aromatic nitrogens is 3. The summed E-state index contributed by atoms with van der Waals surface area (Å²) in [6.07, 6.45) is 0. The molecule has 0 radical (unpaired) electrons. The highest BCUT2D eigenvalue weighted by molar-refractivity contribution is 6.30. The molecule has 1 heterocycles. The molecule has 1 aromatic heterocycles. The third-order valence-corrected chi connectivity index (χ3v) is 2.75. The average Bonchev–Trinajstić information content (AvgIpc) is 2.73. The van der Waals surface area contributed by atoms with Crippen molar-refractivity contribution in [3.05, 3.63) is 47.5 Å². The Morgan fingerprint density at radius 1 is 1.06 bits per heavy atom. The summed E-state index contributed by atoms with van der Waals surface area (Å²) in [6.45, 7) is 0. The molecule has 2 aromatic carbocycles. The number of nitrogens with zero attached hydrogens (tertiary/aromatic N) is 3. The van der Waals surface area contributed by atoms with Gasteiger partial charge in [0.15, 0.2) is 0 Å². The van der Waals surface area contributed by atoms with Crippen LogP contribution in [0, 0.1) is 0 Å². The van der Waals surface area contributed by atoms with Gasteiger partial charge >= 0.3 is 0 Å². The number of fused-ring (bicyclic) bond motifs is 1. The lowest BCUT2D eigenvalue weighted by atomic mass is 10.2. The Morgan fingerprint density at radius 3 is 2.59 bits per heavy atom. The van der Waals surface area contributed by atoms with Crippen LogP contribution in [0.25, 0.3) is 16.7 Å². The average molecular weight is 246 g/mol. The van der Waals surface area contributed by atoms with Crippen molar-refractivity contribution in [1.82, 2.24) is 15.0 Å². The molecule has 0 aliphatic heterocycles. The summed E-state index contributed by atoms with van der Waals surface area (Å²) >= 11 is 5.83. The minimum Gasteiger partial charge on any atom is -0.508 e. The van der Waals surface area contributed by atoms with E-state index < -0.39 is 0 Å². The fraction of sp³-hybridized carbons (Fsp3) is 0. The molecule has 5 heteroatoms. The lowest BCUT2D eigenvalue weighted by Gasteiger charge is -2.01. The Kier molecular flexibility index (Phi) is 2.23. The molecule has 0 saturated heterocycles. The largest absolute Gasteiger partial charge is 0.508 e. The van der Waals surface area contributed by atoms with Crippen LogP contribution in [-0.2, 0) is 0 Å². The number of aromatic hydroxyl groups is 1. The van der Waals surface area contributed by atoms with E-state index in [1.807, 2.05) is 12.1 Å². The zero-order valence-electron chi connectivity index (χ0n) is 8.71. The van der Waals surface area contributed by atoms with Gasteiger partial charge in [0.25, 0.3) is 0 Å². The summed E-state index contributed by atoms with van der Waals surface area (Å²) in [6, 6.07) is 12.3. The molecular weight excluding hydrogens is 238 g/mol. The van der Waals surface area contributed by atoms with E-state index in [2.05, 4.69) is 10.3 Å². The van der Waals surface area contributed by atoms with Gasteiger partial charge in [-0.25, -0.2) is 4.68 Å². The van der Waals surface area contributed by atoms with Crippen LogP contribution in [0.2, 0.25) is 5.02 Å². The highest BCUT2D eigenvalue weighted by atomic mass is 35.5. The maximum absolute atomic E-state index is 9.35. The smallest absolute Gasteiger partial charge is 0.117 e. The van der Waals surface area contributed by atoms with Crippen molar-refractivity contribution < 1.29 is 5.11 Å². The molecule has 17 heavy (non-hydrogen) atoms. The van der Waals surface area contributed by atoms with Crippen molar-refractivity contribution in [1.29, 1.82) is 0 Å². The van der Waals surface area contributed by atoms with Crippen molar-refractivity contribution in [2.45, 2.75) is 0 Å². The molecule has 0 aliphatic rings. The van der Waals surface area contributed by atoms with Crippen LogP contribution >= 0.6 is 11.6 Å². The number of rotatable bonds is 1. The van der Waals surface area contributed by atoms with Crippen molar-refractivity contribution in [3.63, 3.8) is 0 Å². The predicted molar refractivity (Wildman–Crippen MR) is 65.5 cm³/mol. The second kappa shape index (κ2) is 3.75. The van der Waals surface area contributed by atoms with Gasteiger partial charge in [-0.05, 0) is 36.4 Å².